The van der Waals surface area contributed by atoms with Crippen molar-refractivity contribution in [2.45, 2.75) is 43.0 Å². The predicted octanol–water partition coefficient (Wildman–Crippen LogP) is 6.18. The molecule has 1 unspecified atom stereocenters. The molecule has 0 radical (unpaired) electrons. The zero-order valence-electron chi connectivity index (χ0n) is 17.1. The Balaban J connectivity index is 1.76. The Morgan fingerprint density at radius 1 is 1.19 bits per heavy atom. The van der Waals surface area contributed by atoms with Crippen LogP contribution in [0.5, 0.6) is 0 Å². The molecule has 2 aromatic carbocycles. The summed E-state index contributed by atoms with van der Waals surface area (Å²) in [6, 6.07) is 6.86. The van der Waals surface area contributed by atoms with E-state index >= 15 is 0 Å². The van der Waals surface area contributed by atoms with Crippen LogP contribution in [0.15, 0.2) is 35.2 Å². The third-order valence-electron chi connectivity index (χ3n) is 6.44. The molecular formula is C22H26ClFN2O4S. The van der Waals surface area contributed by atoms with Gasteiger partial charge in [-0.05, 0) is 48.6 Å². The maximum absolute atomic E-state index is 13.9. The summed E-state index contributed by atoms with van der Waals surface area (Å²) in [7, 11) is -1.58. The van der Waals surface area contributed by atoms with Crippen LogP contribution in [-0.4, -0.2) is 44.1 Å². The number of fused-ring (bicyclic) bond motifs is 1. The molecule has 1 atom stereocenters. The highest BCUT2D eigenvalue weighted by Crippen LogP contribution is 2.58. The number of likely N-dealkylation sites (N-methyl/N-ethyl adjacent to an activating group) is 1. The van der Waals surface area contributed by atoms with Crippen LogP contribution in [0.3, 0.4) is 0 Å². The van der Waals surface area contributed by atoms with Gasteiger partial charge in [-0.1, -0.05) is 36.9 Å². The second-order valence-electron chi connectivity index (χ2n) is 8.24. The van der Waals surface area contributed by atoms with E-state index in [1.807, 2.05) is 0 Å². The Kier molecular flexibility index (Phi) is 6.20. The topological polar surface area (TPSA) is 93.0 Å². The molecule has 0 bridgehead atoms. The number of benzene rings is 2. The number of hydrogen-bond donors (Lipinski definition) is 4. The van der Waals surface area contributed by atoms with Gasteiger partial charge in [0.15, 0.2) is 0 Å². The molecule has 0 aromatic heterocycles. The highest BCUT2D eigenvalue weighted by molar-refractivity contribution is 8.22. The minimum atomic E-state index is -3.32. The molecule has 1 aliphatic heterocycles. The van der Waals surface area contributed by atoms with Crippen molar-refractivity contribution in [3.8, 4) is 11.1 Å². The van der Waals surface area contributed by atoms with Crippen LogP contribution in [0.25, 0.3) is 11.1 Å². The van der Waals surface area contributed by atoms with E-state index in [0.29, 0.717) is 39.2 Å². The van der Waals surface area contributed by atoms with Crippen molar-refractivity contribution < 1.29 is 23.4 Å². The van der Waals surface area contributed by atoms with E-state index < -0.39 is 28.1 Å². The van der Waals surface area contributed by atoms with E-state index in [1.54, 1.807) is 23.5 Å². The first-order valence-corrected chi connectivity index (χ1v) is 12.2. The molecule has 168 valence electrons. The number of rotatable bonds is 3. The van der Waals surface area contributed by atoms with Crippen molar-refractivity contribution in [2.24, 2.45) is 5.92 Å². The zero-order chi connectivity index (χ0) is 22.3. The van der Waals surface area contributed by atoms with Crippen molar-refractivity contribution in [2.75, 3.05) is 18.9 Å². The van der Waals surface area contributed by atoms with E-state index in [-0.39, 0.29) is 6.04 Å². The molecule has 0 saturated heterocycles. The Bertz CT molecular complexity index is 1010. The van der Waals surface area contributed by atoms with Crippen LogP contribution < -0.4 is 5.32 Å². The average Bonchev–Trinajstić information content (AvgIpc) is 2.83. The second-order valence-corrected chi connectivity index (χ2v) is 10.7. The molecule has 6 nitrogen and oxygen atoms in total. The molecule has 2 aliphatic rings. The summed E-state index contributed by atoms with van der Waals surface area (Å²) in [5, 5.41) is 12.9. The minimum Gasteiger partial charge on any atom is -0.478 e. The lowest BCUT2D eigenvalue weighted by Crippen LogP contribution is -2.43. The van der Waals surface area contributed by atoms with Crippen molar-refractivity contribution in [3.63, 3.8) is 0 Å². The molecule has 4 rings (SSSR count). The van der Waals surface area contributed by atoms with Crippen LogP contribution in [-0.2, 0) is 0 Å². The largest absolute Gasteiger partial charge is 0.478 e. The van der Waals surface area contributed by atoms with Crippen molar-refractivity contribution in [1.82, 2.24) is 4.31 Å². The first-order valence-electron chi connectivity index (χ1n) is 10.3. The standard InChI is InChI=1S/C22H26ClFN2O4S/c1-26-20(13-5-3-2-4-6-13)12-25-19-11-17(23)15(10-21(19)31(26,29)30)14-7-8-18(24)16(9-14)22(27)28/h7-11,13,20,25,29-30H,2-6,12H2,1H3,(H,27,28). The summed E-state index contributed by atoms with van der Waals surface area (Å²) < 4.78 is 38.0. The van der Waals surface area contributed by atoms with Gasteiger partial charge in [0.25, 0.3) is 0 Å². The fourth-order valence-electron chi connectivity index (χ4n) is 4.67. The van der Waals surface area contributed by atoms with Crippen LogP contribution in [0.2, 0.25) is 5.02 Å². The quantitative estimate of drug-likeness (QED) is 0.430. The number of nitrogens with one attached hydrogen (secondary N) is 1. The molecule has 2 aromatic rings. The number of hydrogen-bond acceptors (Lipinski definition) is 5. The summed E-state index contributed by atoms with van der Waals surface area (Å²) in [6.07, 6.45) is 5.62. The van der Waals surface area contributed by atoms with Gasteiger partial charge in [-0.15, -0.1) is 10.8 Å². The average molecular weight is 469 g/mol. The maximum atomic E-state index is 13.9. The van der Waals surface area contributed by atoms with Gasteiger partial charge in [0.05, 0.1) is 21.2 Å². The normalized spacial score (nSPS) is 22.8. The van der Waals surface area contributed by atoms with Crippen LogP contribution in [0, 0.1) is 11.7 Å². The molecule has 0 amide bonds. The summed E-state index contributed by atoms with van der Waals surface area (Å²) in [6.45, 7) is 0.569. The third-order valence-corrected chi connectivity index (χ3v) is 8.75. The van der Waals surface area contributed by atoms with Gasteiger partial charge in [0.2, 0.25) is 0 Å². The molecule has 4 N–H and O–H groups in total. The van der Waals surface area contributed by atoms with Crippen molar-refractivity contribution >= 4 is 34.0 Å². The van der Waals surface area contributed by atoms with E-state index in [4.69, 9.17) is 11.6 Å². The lowest BCUT2D eigenvalue weighted by Gasteiger charge is -2.46. The lowest BCUT2D eigenvalue weighted by atomic mass is 9.84. The predicted molar refractivity (Wildman–Crippen MR) is 122 cm³/mol. The Morgan fingerprint density at radius 3 is 2.58 bits per heavy atom. The molecular weight excluding hydrogens is 443 g/mol. The van der Waals surface area contributed by atoms with Gasteiger partial charge in [0, 0.05) is 25.2 Å². The number of nitrogens with zero attached hydrogens (tertiary/aromatic N) is 1. The number of carboxylic acid groups (broad SMARTS) is 1. The first-order chi connectivity index (χ1) is 14.7. The molecule has 1 aliphatic carbocycles. The molecule has 1 fully saturated rings. The van der Waals surface area contributed by atoms with Crippen LogP contribution in [0.4, 0.5) is 10.1 Å². The highest BCUT2D eigenvalue weighted by Gasteiger charge is 2.38. The molecule has 1 saturated carbocycles. The van der Waals surface area contributed by atoms with Gasteiger partial charge in [-0.2, -0.15) is 4.31 Å². The van der Waals surface area contributed by atoms with Gasteiger partial charge in [-0.25, -0.2) is 9.18 Å². The zero-order valence-corrected chi connectivity index (χ0v) is 18.7. The van der Waals surface area contributed by atoms with Crippen LogP contribution >= 0.6 is 22.4 Å². The highest BCUT2D eigenvalue weighted by atomic mass is 35.5. The van der Waals surface area contributed by atoms with E-state index in [9.17, 15) is 23.4 Å². The van der Waals surface area contributed by atoms with Gasteiger partial charge < -0.3 is 10.4 Å². The fourth-order valence-corrected chi connectivity index (χ4v) is 6.57. The Hall–Kier alpha value is -1.84. The van der Waals surface area contributed by atoms with Gasteiger partial charge in [0.1, 0.15) is 5.82 Å². The Labute approximate surface area is 187 Å². The summed E-state index contributed by atoms with van der Waals surface area (Å²) >= 11 is 6.49. The molecule has 31 heavy (non-hydrogen) atoms. The maximum Gasteiger partial charge on any atom is 0.338 e. The SMILES string of the molecule is CN1C(C2CCCCC2)CNc2cc(Cl)c(-c3ccc(F)c(C(=O)O)c3)cc2S1(O)O. The number of carbonyl (C=O) groups is 1. The third kappa shape index (κ3) is 4.15. The van der Waals surface area contributed by atoms with Gasteiger partial charge in [-0.3, -0.25) is 9.11 Å². The smallest absolute Gasteiger partial charge is 0.338 e. The summed E-state index contributed by atoms with van der Waals surface area (Å²) in [5.41, 5.74) is 0.869. The molecule has 1 heterocycles. The van der Waals surface area contributed by atoms with Crippen LogP contribution in [0.1, 0.15) is 42.5 Å². The summed E-state index contributed by atoms with van der Waals surface area (Å²) in [4.78, 5) is 11.6. The lowest BCUT2D eigenvalue weighted by molar-refractivity contribution is 0.0692. The number of carboxylic acids is 1. The fraction of sp³-hybridized carbons (Fsp3) is 0.409. The molecule has 9 heteroatoms. The van der Waals surface area contributed by atoms with E-state index in [0.717, 1.165) is 31.7 Å². The summed E-state index contributed by atoms with van der Waals surface area (Å²) in [5.74, 6) is -1.86. The van der Waals surface area contributed by atoms with E-state index in [2.05, 4.69) is 5.32 Å². The number of anilines is 1. The van der Waals surface area contributed by atoms with E-state index in [1.165, 1.54) is 18.6 Å². The van der Waals surface area contributed by atoms with Crippen molar-refractivity contribution in [3.05, 3.63) is 46.7 Å². The molecule has 0 spiro atoms. The van der Waals surface area contributed by atoms with Crippen molar-refractivity contribution in [1.29, 1.82) is 0 Å². The first kappa shape index (κ1) is 22.4. The number of aromatic carboxylic acids is 1. The second kappa shape index (κ2) is 8.60. The Morgan fingerprint density at radius 2 is 1.90 bits per heavy atom. The number of halogens is 2. The monoisotopic (exact) mass is 468 g/mol. The minimum absolute atomic E-state index is 0.0376. The van der Waals surface area contributed by atoms with Gasteiger partial charge >= 0.3 is 5.97 Å².